The number of piperidine rings is 1. The van der Waals surface area contributed by atoms with Gasteiger partial charge in [-0.25, -0.2) is 0 Å². The lowest BCUT2D eigenvalue weighted by Gasteiger charge is -2.33. The van der Waals surface area contributed by atoms with Gasteiger partial charge in [0, 0.05) is 18.5 Å². The van der Waals surface area contributed by atoms with Gasteiger partial charge in [-0.1, -0.05) is 18.2 Å². The van der Waals surface area contributed by atoms with Crippen LogP contribution in [-0.2, 0) is 0 Å². The molecule has 0 aliphatic carbocycles. The fraction of sp³-hybridized carbons (Fsp3) is 0.500. The second-order valence-corrected chi connectivity index (χ2v) is 6.34. The molecule has 1 aromatic carbocycles. The molecule has 1 amide bonds. The van der Waals surface area contributed by atoms with Gasteiger partial charge in [0.05, 0.1) is 5.52 Å². The summed E-state index contributed by atoms with van der Waals surface area (Å²) in [5.41, 5.74) is 1.83. The number of halogens is 1. The number of hydrogen-bond donors (Lipinski definition) is 2. The van der Waals surface area contributed by atoms with E-state index in [1.54, 1.807) is 0 Å². The number of nitrogens with one attached hydrogen (secondary N) is 2. The fourth-order valence-electron chi connectivity index (χ4n) is 3.75. The van der Waals surface area contributed by atoms with Gasteiger partial charge in [-0.05, 0) is 43.8 Å². The van der Waals surface area contributed by atoms with Crippen LogP contribution in [0.5, 0.6) is 0 Å². The third-order valence-electron chi connectivity index (χ3n) is 5.06. The number of rotatable bonds is 1. The number of benzene rings is 1. The van der Waals surface area contributed by atoms with Crippen LogP contribution >= 0.6 is 12.4 Å². The number of carbonyl (C=O) groups is 1. The Hall–Kier alpha value is -1.59. The minimum absolute atomic E-state index is 0. The number of fused-ring (bicyclic) bond motifs is 1. The van der Waals surface area contributed by atoms with Crippen molar-refractivity contribution in [3.05, 3.63) is 30.0 Å². The second-order valence-electron chi connectivity index (χ2n) is 6.34. The van der Waals surface area contributed by atoms with E-state index in [1.807, 2.05) is 29.2 Å². The number of nitrogens with zero attached hydrogens (tertiary/aromatic N) is 2. The van der Waals surface area contributed by atoms with Crippen LogP contribution in [0.1, 0.15) is 29.8 Å². The predicted octanol–water partition coefficient (Wildman–Crippen LogP) is 2.20. The smallest absolute Gasteiger partial charge is 0.275 e. The molecule has 2 fully saturated rings. The highest BCUT2D eigenvalue weighted by molar-refractivity contribution is 6.04. The van der Waals surface area contributed by atoms with Crippen molar-refractivity contribution in [3.63, 3.8) is 0 Å². The average molecular weight is 321 g/mol. The third-order valence-corrected chi connectivity index (χ3v) is 5.06. The first-order valence-corrected chi connectivity index (χ1v) is 7.71. The van der Waals surface area contributed by atoms with Crippen LogP contribution in [-0.4, -0.2) is 47.2 Å². The molecule has 0 radical (unpaired) electrons. The molecule has 0 unspecified atom stereocenters. The molecule has 1 spiro atoms. The van der Waals surface area contributed by atoms with E-state index in [0.717, 1.165) is 43.5 Å². The van der Waals surface area contributed by atoms with Crippen molar-refractivity contribution in [2.75, 3.05) is 26.2 Å². The van der Waals surface area contributed by atoms with Crippen LogP contribution in [0.3, 0.4) is 0 Å². The normalized spacial score (nSPS) is 20.3. The Labute approximate surface area is 135 Å². The van der Waals surface area contributed by atoms with Crippen molar-refractivity contribution in [1.82, 2.24) is 20.4 Å². The summed E-state index contributed by atoms with van der Waals surface area (Å²) in [5, 5.41) is 11.5. The molecule has 22 heavy (non-hydrogen) atoms. The molecule has 6 heteroatoms. The van der Waals surface area contributed by atoms with Gasteiger partial charge in [0.15, 0.2) is 5.69 Å². The minimum atomic E-state index is 0. The van der Waals surface area contributed by atoms with E-state index in [1.165, 1.54) is 12.8 Å². The highest BCUT2D eigenvalue weighted by atomic mass is 35.5. The molecule has 5 nitrogen and oxygen atoms in total. The van der Waals surface area contributed by atoms with Crippen molar-refractivity contribution in [3.8, 4) is 0 Å². The largest absolute Gasteiger partial charge is 0.337 e. The van der Waals surface area contributed by atoms with Gasteiger partial charge in [-0.15, -0.1) is 12.4 Å². The highest BCUT2D eigenvalue weighted by Gasteiger charge is 2.41. The van der Waals surface area contributed by atoms with Crippen LogP contribution in [0.4, 0.5) is 0 Å². The fourth-order valence-corrected chi connectivity index (χ4v) is 3.75. The zero-order valence-electron chi connectivity index (χ0n) is 12.5. The summed E-state index contributed by atoms with van der Waals surface area (Å²) in [4.78, 5) is 14.8. The summed E-state index contributed by atoms with van der Waals surface area (Å²) in [6, 6.07) is 7.82. The maximum atomic E-state index is 12.8. The lowest BCUT2D eigenvalue weighted by atomic mass is 9.78. The highest BCUT2D eigenvalue weighted by Crippen LogP contribution is 2.39. The Morgan fingerprint density at radius 3 is 2.77 bits per heavy atom. The van der Waals surface area contributed by atoms with Crippen LogP contribution in [0.15, 0.2) is 24.3 Å². The summed E-state index contributed by atoms with van der Waals surface area (Å²) >= 11 is 0. The van der Waals surface area contributed by atoms with Gasteiger partial charge >= 0.3 is 0 Å². The van der Waals surface area contributed by atoms with Crippen LogP contribution < -0.4 is 5.32 Å². The van der Waals surface area contributed by atoms with Gasteiger partial charge in [0.25, 0.3) is 5.91 Å². The summed E-state index contributed by atoms with van der Waals surface area (Å²) in [7, 11) is 0. The van der Waals surface area contributed by atoms with Gasteiger partial charge in [-0.2, -0.15) is 5.10 Å². The molecule has 2 aromatic rings. The molecule has 0 bridgehead atoms. The molecular formula is C16H21ClN4O. The van der Waals surface area contributed by atoms with E-state index in [-0.39, 0.29) is 18.3 Å². The standard InChI is InChI=1S/C16H20N4O.ClH/c21-15(14-12-3-1-2-4-13(12)18-19-14)20-10-7-16(11-20)5-8-17-9-6-16;/h1-4,17H,5-11H2,(H,18,19);1H. The SMILES string of the molecule is Cl.O=C(c1n[nH]c2ccccc12)N1CCC2(CCNCC2)C1. The number of aromatic nitrogens is 2. The topological polar surface area (TPSA) is 61.0 Å². The van der Waals surface area contributed by atoms with E-state index >= 15 is 0 Å². The predicted molar refractivity (Wildman–Crippen MR) is 88.4 cm³/mol. The number of likely N-dealkylation sites (tertiary alicyclic amines) is 1. The molecular weight excluding hydrogens is 300 g/mol. The van der Waals surface area contributed by atoms with Crippen molar-refractivity contribution in [1.29, 1.82) is 0 Å². The Bertz CT molecular complexity index is 678. The van der Waals surface area contributed by atoms with E-state index in [4.69, 9.17) is 0 Å². The second kappa shape index (κ2) is 5.89. The number of para-hydroxylation sites is 1. The molecule has 2 saturated heterocycles. The van der Waals surface area contributed by atoms with E-state index in [2.05, 4.69) is 15.5 Å². The first-order valence-electron chi connectivity index (χ1n) is 7.71. The molecule has 118 valence electrons. The summed E-state index contributed by atoms with van der Waals surface area (Å²) < 4.78 is 0. The Morgan fingerprint density at radius 1 is 1.18 bits per heavy atom. The maximum Gasteiger partial charge on any atom is 0.275 e. The van der Waals surface area contributed by atoms with Gasteiger partial charge in [0.2, 0.25) is 0 Å². The number of carbonyl (C=O) groups excluding carboxylic acids is 1. The van der Waals surface area contributed by atoms with Gasteiger partial charge in [-0.3, -0.25) is 9.89 Å². The zero-order chi connectivity index (χ0) is 14.3. The first-order chi connectivity index (χ1) is 10.3. The molecule has 0 saturated carbocycles. The Morgan fingerprint density at radius 2 is 1.95 bits per heavy atom. The third kappa shape index (κ3) is 2.48. The number of hydrogen-bond acceptors (Lipinski definition) is 3. The van der Waals surface area contributed by atoms with Crippen molar-refractivity contribution in [2.24, 2.45) is 5.41 Å². The first kappa shape index (κ1) is 15.3. The number of amides is 1. The van der Waals surface area contributed by atoms with Gasteiger partial charge < -0.3 is 10.2 Å². The van der Waals surface area contributed by atoms with Crippen LogP contribution in [0, 0.1) is 5.41 Å². The molecule has 2 N–H and O–H groups in total. The number of H-pyrrole nitrogens is 1. The lowest BCUT2D eigenvalue weighted by Crippen LogP contribution is -2.39. The summed E-state index contributed by atoms with van der Waals surface area (Å²) in [6.45, 7) is 3.90. The average Bonchev–Trinajstić information content (AvgIpc) is 3.12. The van der Waals surface area contributed by atoms with Gasteiger partial charge in [0.1, 0.15) is 0 Å². The summed E-state index contributed by atoms with van der Waals surface area (Å²) in [5.74, 6) is 0.0721. The van der Waals surface area contributed by atoms with Crippen LogP contribution in [0.2, 0.25) is 0 Å². The van der Waals surface area contributed by atoms with Crippen LogP contribution in [0.25, 0.3) is 10.9 Å². The number of aromatic amines is 1. The lowest BCUT2D eigenvalue weighted by molar-refractivity contribution is 0.0758. The maximum absolute atomic E-state index is 12.8. The van der Waals surface area contributed by atoms with Crippen molar-refractivity contribution < 1.29 is 4.79 Å². The Balaban J connectivity index is 0.00000144. The van der Waals surface area contributed by atoms with Crippen molar-refractivity contribution >= 4 is 29.2 Å². The zero-order valence-corrected chi connectivity index (χ0v) is 13.3. The van der Waals surface area contributed by atoms with E-state index in [9.17, 15) is 4.79 Å². The molecule has 3 heterocycles. The molecule has 4 rings (SSSR count). The summed E-state index contributed by atoms with van der Waals surface area (Å²) in [6.07, 6.45) is 3.49. The molecule has 2 aliphatic heterocycles. The molecule has 1 aromatic heterocycles. The van der Waals surface area contributed by atoms with Crippen molar-refractivity contribution in [2.45, 2.75) is 19.3 Å². The monoisotopic (exact) mass is 320 g/mol. The molecule has 0 atom stereocenters. The van der Waals surface area contributed by atoms with E-state index in [0.29, 0.717) is 11.1 Å². The minimum Gasteiger partial charge on any atom is -0.337 e. The molecule has 2 aliphatic rings. The van der Waals surface area contributed by atoms with E-state index < -0.39 is 0 Å². The Kier molecular flexibility index (Phi) is 4.10. The quantitative estimate of drug-likeness (QED) is 0.847.